The molecule has 3 unspecified atom stereocenters. The van der Waals surface area contributed by atoms with E-state index in [2.05, 4.69) is 13.8 Å². The van der Waals surface area contributed by atoms with Crippen molar-refractivity contribution in [3.05, 3.63) is 0 Å². The van der Waals surface area contributed by atoms with Crippen LogP contribution in [0.4, 0.5) is 0 Å². The first-order chi connectivity index (χ1) is 8.45. The van der Waals surface area contributed by atoms with E-state index in [1.807, 2.05) is 6.92 Å². The van der Waals surface area contributed by atoms with Crippen molar-refractivity contribution < 1.29 is 14.6 Å². The Labute approximate surface area is 111 Å². The van der Waals surface area contributed by atoms with Gasteiger partial charge in [-0.25, -0.2) is 4.79 Å². The molecule has 1 aliphatic rings. The molecule has 0 aliphatic heterocycles. The Bertz CT molecular complexity index is 275. The molecule has 1 aliphatic carbocycles. The van der Waals surface area contributed by atoms with Gasteiger partial charge in [0.2, 0.25) is 0 Å². The molecule has 0 saturated heterocycles. The minimum absolute atomic E-state index is 0.0581. The summed E-state index contributed by atoms with van der Waals surface area (Å²) in [6.45, 7) is 8.44. The molecule has 0 radical (unpaired) electrons. The van der Waals surface area contributed by atoms with Crippen molar-refractivity contribution in [3.8, 4) is 0 Å². The maximum Gasteiger partial charge on any atom is 0.338 e. The van der Waals surface area contributed by atoms with Gasteiger partial charge in [-0.2, -0.15) is 0 Å². The lowest BCUT2D eigenvalue weighted by molar-refractivity contribution is -0.174. The lowest BCUT2D eigenvalue weighted by atomic mass is 9.69. The smallest absolute Gasteiger partial charge is 0.338 e. The van der Waals surface area contributed by atoms with Crippen molar-refractivity contribution in [1.29, 1.82) is 0 Å². The molecule has 0 heterocycles. The Morgan fingerprint density at radius 1 is 1.39 bits per heavy atom. The predicted molar refractivity (Wildman–Crippen MR) is 72.2 cm³/mol. The Kier molecular flexibility index (Phi) is 5.64. The number of ether oxygens (including phenoxy) is 1. The molecule has 1 rings (SSSR count). The molecular formula is C15H28O3. The highest BCUT2D eigenvalue weighted by Crippen LogP contribution is 2.40. The zero-order valence-electron chi connectivity index (χ0n) is 12.2. The molecule has 0 aromatic rings. The summed E-state index contributed by atoms with van der Waals surface area (Å²) in [7, 11) is 0. The summed E-state index contributed by atoms with van der Waals surface area (Å²) in [5.74, 6) is 0.872. The van der Waals surface area contributed by atoms with Gasteiger partial charge in [0.25, 0.3) is 0 Å². The molecule has 1 N–H and O–H groups in total. The lowest BCUT2D eigenvalue weighted by Crippen LogP contribution is -2.48. The summed E-state index contributed by atoms with van der Waals surface area (Å²) in [6, 6.07) is 0. The van der Waals surface area contributed by atoms with Gasteiger partial charge >= 0.3 is 5.97 Å². The highest BCUT2D eigenvalue weighted by molar-refractivity contribution is 5.79. The molecule has 1 fully saturated rings. The average molecular weight is 256 g/mol. The fourth-order valence-electron chi connectivity index (χ4n) is 3.12. The standard InChI is InChI=1S/C15H28O3/c1-5-15(17,14(16)18-6-2)13-9-7-8-12(10-13)11(3)4/h11-13,17H,5-10H2,1-4H3. The van der Waals surface area contributed by atoms with Gasteiger partial charge in [-0.05, 0) is 43.9 Å². The van der Waals surface area contributed by atoms with E-state index in [9.17, 15) is 9.90 Å². The van der Waals surface area contributed by atoms with Gasteiger partial charge in [0.1, 0.15) is 0 Å². The summed E-state index contributed by atoms with van der Waals surface area (Å²) < 4.78 is 5.06. The number of rotatable bonds is 5. The number of carbonyl (C=O) groups excluding carboxylic acids is 1. The third-order valence-corrected chi connectivity index (χ3v) is 4.50. The van der Waals surface area contributed by atoms with Gasteiger partial charge in [-0.1, -0.05) is 33.6 Å². The minimum atomic E-state index is -1.27. The van der Waals surface area contributed by atoms with Crippen LogP contribution in [0.5, 0.6) is 0 Å². The normalized spacial score (nSPS) is 27.9. The average Bonchev–Trinajstić information content (AvgIpc) is 2.38. The van der Waals surface area contributed by atoms with Crippen molar-refractivity contribution in [2.75, 3.05) is 6.61 Å². The Balaban J connectivity index is 2.77. The van der Waals surface area contributed by atoms with Gasteiger partial charge in [0.15, 0.2) is 5.60 Å². The number of hydrogen-bond donors (Lipinski definition) is 1. The second-order valence-corrected chi connectivity index (χ2v) is 5.87. The topological polar surface area (TPSA) is 46.5 Å². The lowest BCUT2D eigenvalue weighted by Gasteiger charge is -2.39. The number of esters is 1. The number of hydrogen-bond acceptors (Lipinski definition) is 3. The highest BCUT2D eigenvalue weighted by atomic mass is 16.5. The van der Waals surface area contributed by atoms with Crippen LogP contribution in [-0.4, -0.2) is 23.3 Å². The van der Waals surface area contributed by atoms with E-state index < -0.39 is 11.6 Å². The summed E-state index contributed by atoms with van der Waals surface area (Å²) in [6.07, 6.45) is 4.65. The highest BCUT2D eigenvalue weighted by Gasteiger charge is 2.45. The summed E-state index contributed by atoms with van der Waals surface area (Å²) in [4.78, 5) is 12.0. The van der Waals surface area contributed by atoms with Gasteiger partial charge in [0.05, 0.1) is 6.61 Å². The molecule has 106 valence electrons. The zero-order valence-corrected chi connectivity index (χ0v) is 12.2. The van der Waals surface area contributed by atoms with Crippen LogP contribution >= 0.6 is 0 Å². The third kappa shape index (κ3) is 3.25. The Morgan fingerprint density at radius 3 is 2.56 bits per heavy atom. The number of carbonyl (C=O) groups is 1. The van der Waals surface area contributed by atoms with Crippen LogP contribution in [0, 0.1) is 17.8 Å². The molecule has 1 saturated carbocycles. The van der Waals surface area contributed by atoms with E-state index in [0.29, 0.717) is 24.9 Å². The quantitative estimate of drug-likeness (QED) is 0.769. The fourth-order valence-corrected chi connectivity index (χ4v) is 3.12. The van der Waals surface area contributed by atoms with Gasteiger partial charge in [-0.3, -0.25) is 0 Å². The number of aliphatic hydroxyl groups is 1. The first-order valence-electron chi connectivity index (χ1n) is 7.35. The van der Waals surface area contributed by atoms with Crippen molar-refractivity contribution in [2.24, 2.45) is 17.8 Å². The van der Waals surface area contributed by atoms with Gasteiger partial charge in [0, 0.05) is 0 Å². The molecule has 0 aromatic heterocycles. The zero-order chi connectivity index (χ0) is 13.8. The monoisotopic (exact) mass is 256 g/mol. The van der Waals surface area contributed by atoms with E-state index in [1.54, 1.807) is 6.92 Å². The van der Waals surface area contributed by atoms with Crippen LogP contribution in [0.15, 0.2) is 0 Å². The van der Waals surface area contributed by atoms with E-state index in [4.69, 9.17) is 4.74 Å². The first kappa shape index (κ1) is 15.5. The third-order valence-electron chi connectivity index (χ3n) is 4.50. The van der Waals surface area contributed by atoms with E-state index in [-0.39, 0.29) is 5.92 Å². The fraction of sp³-hybridized carbons (Fsp3) is 0.933. The van der Waals surface area contributed by atoms with Crippen LogP contribution in [-0.2, 0) is 9.53 Å². The van der Waals surface area contributed by atoms with Crippen molar-refractivity contribution in [3.63, 3.8) is 0 Å². The summed E-state index contributed by atoms with van der Waals surface area (Å²) in [5.41, 5.74) is -1.27. The second kappa shape index (κ2) is 6.55. The van der Waals surface area contributed by atoms with Crippen LogP contribution < -0.4 is 0 Å². The SMILES string of the molecule is CCOC(=O)C(O)(CC)C1CCCC(C(C)C)C1. The summed E-state index contributed by atoms with van der Waals surface area (Å²) in [5, 5.41) is 10.7. The van der Waals surface area contributed by atoms with Crippen LogP contribution in [0.25, 0.3) is 0 Å². The van der Waals surface area contributed by atoms with E-state index in [0.717, 1.165) is 19.3 Å². The van der Waals surface area contributed by atoms with Crippen LogP contribution in [0.3, 0.4) is 0 Å². The van der Waals surface area contributed by atoms with Gasteiger partial charge in [-0.15, -0.1) is 0 Å². The van der Waals surface area contributed by atoms with Crippen molar-refractivity contribution in [1.82, 2.24) is 0 Å². The maximum absolute atomic E-state index is 12.0. The predicted octanol–water partition coefficient (Wildman–Crippen LogP) is 3.15. The molecule has 0 aromatic carbocycles. The molecule has 3 heteroatoms. The van der Waals surface area contributed by atoms with E-state index >= 15 is 0 Å². The summed E-state index contributed by atoms with van der Waals surface area (Å²) >= 11 is 0. The molecule has 3 nitrogen and oxygen atoms in total. The van der Waals surface area contributed by atoms with Crippen LogP contribution in [0.2, 0.25) is 0 Å². The molecule has 0 spiro atoms. The minimum Gasteiger partial charge on any atom is -0.464 e. The molecule has 3 atom stereocenters. The molecule has 18 heavy (non-hydrogen) atoms. The van der Waals surface area contributed by atoms with Crippen molar-refractivity contribution >= 4 is 5.97 Å². The molecule has 0 bridgehead atoms. The van der Waals surface area contributed by atoms with Crippen LogP contribution in [0.1, 0.15) is 59.8 Å². The Morgan fingerprint density at radius 2 is 2.06 bits per heavy atom. The Hall–Kier alpha value is -0.570. The largest absolute Gasteiger partial charge is 0.464 e. The first-order valence-corrected chi connectivity index (χ1v) is 7.35. The molecule has 0 amide bonds. The maximum atomic E-state index is 12.0. The van der Waals surface area contributed by atoms with E-state index in [1.165, 1.54) is 6.42 Å². The van der Waals surface area contributed by atoms with Gasteiger partial charge < -0.3 is 9.84 Å². The molecular weight excluding hydrogens is 228 g/mol. The van der Waals surface area contributed by atoms with Crippen molar-refractivity contribution in [2.45, 2.75) is 65.4 Å². The second-order valence-electron chi connectivity index (χ2n) is 5.87.